The molecule has 0 atom stereocenters. The van der Waals surface area contributed by atoms with Gasteiger partial charge in [-0.25, -0.2) is 4.98 Å². The van der Waals surface area contributed by atoms with Gasteiger partial charge >= 0.3 is 0 Å². The van der Waals surface area contributed by atoms with Gasteiger partial charge in [0.25, 0.3) is 0 Å². The van der Waals surface area contributed by atoms with Crippen molar-refractivity contribution in [3.63, 3.8) is 0 Å². The number of aromatic nitrogens is 2. The second-order valence-electron chi connectivity index (χ2n) is 3.97. The number of thiophene rings is 1. The molecule has 0 radical (unpaired) electrons. The third-order valence-electron chi connectivity index (χ3n) is 2.73. The van der Waals surface area contributed by atoms with E-state index >= 15 is 0 Å². The minimum absolute atomic E-state index is 0.843. The molecule has 0 saturated carbocycles. The van der Waals surface area contributed by atoms with E-state index in [1.807, 2.05) is 17.5 Å². The Morgan fingerprint density at radius 1 is 1.29 bits per heavy atom. The molecule has 92 valence electrons. The van der Waals surface area contributed by atoms with Crippen molar-refractivity contribution in [1.82, 2.24) is 14.9 Å². The van der Waals surface area contributed by atoms with Gasteiger partial charge in [0.05, 0.1) is 13.1 Å². The molecular weight excluding hydrogens is 230 g/mol. The maximum absolute atomic E-state index is 4.38. The van der Waals surface area contributed by atoms with Crippen LogP contribution in [0.25, 0.3) is 0 Å². The Balaban J connectivity index is 2.04. The number of nitrogens with one attached hydrogen (secondary N) is 1. The van der Waals surface area contributed by atoms with E-state index in [-0.39, 0.29) is 0 Å². The molecule has 0 aliphatic carbocycles. The normalized spacial score (nSPS) is 10.9. The van der Waals surface area contributed by atoms with E-state index < -0.39 is 0 Å². The molecule has 0 aliphatic heterocycles. The minimum atomic E-state index is 0.843. The maximum Gasteiger partial charge on any atom is 0.122 e. The maximum atomic E-state index is 4.38. The van der Waals surface area contributed by atoms with Crippen molar-refractivity contribution >= 4 is 11.3 Å². The summed E-state index contributed by atoms with van der Waals surface area (Å²) in [6.45, 7) is 7.07. The van der Waals surface area contributed by atoms with Gasteiger partial charge in [-0.1, -0.05) is 13.8 Å². The molecule has 0 amide bonds. The summed E-state index contributed by atoms with van der Waals surface area (Å²) >= 11 is 1.89. The van der Waals surface area contributed by atoms with Gasteiger partial charge in [-0.05, 0) is 25.1 Å². The summed E-state index contributed by atoms with van der Waals surface area (Å²) < 4.78 is 2.22. The van der Waals surface area contributed by atoms with Crippen LogP contribution in [0.5, 0.6) is 0 Å². The molecule has 0 bridgehead atoms. The highest BCUT2D eigenvalue weighted by Crippen LogP contribution is 2.18. The third-order valence-corrected chi connectivity index (χ3v) is 3.94. The van der Waals surface area contributed by atoms with Crippen LogP contribution in [0.4, 0.5) is 0 Å². The molecule has 0 spiro atoms. The van der Waals surface area contributed by atoms with E-state index in [2.05, 4.69) is 47.0 Å². The number of rotatable bonds is 6. The molecular formula is C13H19N3S. The first-order valence-corrected chi connectivity index (χ1v) is 6.93. The summed E-state index contributed by atoms with van der Waals surface area (Å²) in [4.78, 5) is 7.23. The minimum Gasteiger partial charge on any atom is -0.329 e. The van der Waals surface area contributed by atoms with Crippen LogP contribution in [-0.2, 0) is 19.5 Å². The van der Waals surface area contributed by atoms with Crippen LogP contribution in [-0.4, -0.2) is 16.1 Å². The van der Waals surface area contributed by atoms with E-state index in [4.69, 9.17) is 0 Å². The summed E-state index contributed by atoms with van der Waals surface area (Å²) in [6.07, 6.45) is 5.05. The Kier molecular flexibility index (Phi) is 4.34. The van der Waals surface area contributed by atoms with E-state index in [9.17, 15) is 0 Å². The summed E-state index contributed by atoms with van der Waals surface area (Å²) in [6, 6.07) is 4.45. The van der Waals surface area contributed by atoms with Crippen molar-refractivity contribution in [3.8, 4) is 0 Å². The van der Waals surface area contributed by atoms with Gasteiger partial charge in [-0.15, -0.1) is 11.3 Å². The molecule has 4 heteroatoms. The van der Waals surface area contributed by atoms with Crippen molar-refractivity contribution < 1.29 is 0 Å². The highest BCUT2D eigenvalue weighted by Gasteiger charge is 2.04. The lowest BCUT2D eigenvalue weighted by molar-refractivity contribution is 0.642. The number of hydrogen-bond acceptors (Lipinski definition) is 3. The fraction of sp³-hybridized carbons (Fsp3) is 0.462. The van der Waals surface area contributed by atoms with Gasteiger partial charge in [0.1, 0.15) is 5.82 Å². The van der Waals surface area contributed by atoms with Gasteiger partial charge in [0, 0.05) is 22.1 Å². The first-order chi connectivity index (χ1) is 8.33. The molecule has 0 fully saturated rings. The first-order valence-electron chi connectivity index (χ1n) is 6.11. The number of imidazole rings is 1. The van der Waals surface area contributed by atoms with Crippen molar-refractivity contribution in [2.45, 2.75) is 33.4 Å². The zero-order chi connectivity index (χ0) is 12.1. The van der Waals surface area contributed by atoms with Crippen LogP contribution in [0.3, 0.4) is 0 Å². The Labute approximate surface area is 107 Å². The van der Waals surface area contributed by atoms with E-state index in [0.717, 1.165) is 31.9 Å². The topological polar surface area (TPSA) is 29.9 Å². The van der Waals surface area contributed by atoms with Crippen LogP contribution < -0.4 is 5.32 Å². The van der Waals surface area contributed by atoms with E-state index in [1.54, 1.807) is 0 Å². The molecule has 2 aromatic heterocycles. The summed E-state index contributed by atoms with van der Waals surface area (Å²) in [7, 11) is 0. The monoisotopic (exact) mass is 249 g/mol. The van der Waals surface area contributed by atoms with Gasteiger partial charge in [-0.3, -0.25) is 0 Å². The molecule has 0 saturated heterocycles. The van der Waals surface area contributed by atoms with Crippen LogP contribution in [0.2, 0.25) is 0 Å². The molecule has 0 aromatic carbocycles. The SMILES string of the molecule is CCNCc1nccn1Cc1ccc(CC)s1. The van der Waals surface area contributed by atoms with Crippen LogP contribution in [0, 0.1) is 0 Å². The smallest absolute Gasteiger partial charge is 0.122 e. The molecule has 3 nitrogen and oxygen atoms in total. The Morgan fingerprint density at radius 3 is 2.82 bits per heavy atom. The fourth-order valence-electron chi connectivity index (χ4n) is 1.75. The molecule has 1 N–H and O–H groups in total. The van der Waals surface area contributed by atoms with Crippen molar-refractivity contribution in [3.05, 3.63) is 40.1 Å². The van der Waals surface area contributed by atoms with Crippen LogP contribution in [0.15, 0.2) is 24.5 Å². The average molecular weight is 249 g/mol. The predicted molar refractivity (Wildman–Crippen MR) is 72.4 cm³/mol. The molecule has 0 unspecified atom stereocenters. The number of nitrogens with zero attached hydrogens (tertiary/aromatic N) is 2. The van der Waals surface area contributed by atoms with Gasteiger partial charge < -0.3 is 9.88 Å². The quantitative estimate of drug-likeness (QED) is 0.853. The Morgan fingerprint density at radius 2 is 2.12 bits per heavy atom. The fourth-order valence-corrected chi connectivity index (χ4v) is 2.71. The summed E-state index contributed by atoms with van der Waals surface area (Å²) in [5.41, 5.74) is 0. The van der Waals surface area contributed by atoms with Gasteiger partial charge in [0.2, 0.25) is 0 Å². The molecule has 2 heterocycles. The second-order valence-corrected chi connectivity index (χ2v) is 5.23. The first kappa shape index (κ1) is 12.3. The molecule has 0 aliphatic rings. The largest absolute Gasteiger partial charge is 0.329 e. The Bertz CT molecular complexity index is 459. The predicted octanol–water partition coefficient (Wildman–Crippen LogP) is 2.66. The zero-order valence-corrected chi connectivity index (χ0v) is 11.3. The highest BCUT2D eigenvalue weighted by molar-refractivity contribution is 7.11. The van der Waals surface area contributed by atoms with E-state index in [0.29, 0.717) is 0 Å². The summed E-state index contributed by atoms with van der Waals surface area (Å²) in [5, 5.41) is 3.31. The third kappa shape index (κ3) is 3.17. The highest BCUT2D eigenvalue weighted by atomic mass is 32.1. The standard InChI is InChI=1S/C13H19N3S/c1-3-11-5-6-12(17-11)10-16-8-7-15-13(16)9-14-4-2/h5-8,14H,3-4,9-10H2,1-2H3. The Hall–Kier alpha value is -1.13. The summed E-state index contributed by atoms with van der Waals surface area (Å²) in [5.74, 6) is 1.11. The lowest BCUT2D eigenvalue weighted by Gasteiger charge is -2.06. The second kappa shape index (κ2) is 5.98. The van der Waals surface area contributed by atoms with Crippen molar-refractivity contribution in [2.75, 3.05) is 6.54 Å². The van der Waals surface area contributed by atoms with Crippen LogP contribution in [0.1, 0.15) is 29.4 Å². The van der Waals surface area contributed by atoms with Crippen LogP contribution >= 0.6 is 11.3 Å². The lowest BCUT2D eigenvalue weighted by Crippen LogP contribution is -2.16. The zero-order valence-electron chi connectivity index (χ0n) is 10.4. The number of hydrogen-bond donors (Lipinski definition) is 1. The van der Waals surface area contributed by atoms with Gasteiger partial charge in [0.15, 0.2) is 0 Å². The van der Waals surface area contributed by atoms with Crippen molar-refractivity contribution in [1.29, 1.82) is 0 Å². The number of aryl methyl sites for hydroxylation is 1. The van der Waals surface area contributed by atoms with E-state index in [1.165, 1.54) is 9.75 Å². The van der Waals surface area contributed by atoms with Crippen molar-refractivity contribution in [2.24, 2.45) is 0 Å². The van der Waals surface area contributed by atoms with Gasteiger partial charge in [-0.2, -0.15) is 0 Å². The molecule has 17 heavy (non-hydrogen) atoms. The lowest BCUT2D eigenvalue weighted by atomic mass is 10.3. The average Bonchev–Trinajstić information content (AvgIpc) is 2.96. The molecule has 2 aromatic rings. The molecule has 2 rings (SSSR count).